The van der Waals surface area contributed by atoms with Crippen molar-refractivity contribution in [2.45, 2.75) is 53.2 Å². The Morgan fingerprint density at radius 3 is 2.43 bits per heavy atom. The molecule has 0 saturated heterocycles. The molecule has 1 unspecified atom stereocenters. The van der Waals surface area contributed by atoms with Crippen LogP contribution < -0.4 is 9.47 Å². The van der Waals surface area contributed by atoms with Crippen LogP contribution in [0.4, 0.5) is 4.39 Å². The highest BCUT2D eigenvalue weighted by atomic mass is 19.1. The van der Waals surface area contributed by atoms with Crippen LogP contribution in [-0.2, 0) is 14.3 Å². The van der Waals surface area contributed by atoms with Crippen LogP contribution in [0.25, 0.3) is 39.3 Å². The third-order valence-electron chi connectivity index (χ3n) is 7.78. The zero-order valence-electron chi connectivity index (χ0n) is 27.5. The van der Waals surface area contributed by atoms with E-state index in [4.69, 9.17) is 29.0 Å². The Labute approximate surface area is 273 Å². The first-order chi connectivity index (χ1) is 22.5. The van der Waals surface area contributed by atoms with Gasteiger partial charge in [-0.25, -0.2) is 18.7 Å². The summed E-state index contributed by atoms with van der Waals surface area (Å²) in [7, 11) is 0. The lowest BCUT2D eigenvalue weighted by Gasteiger charge is -2.28. The van der Waals surface area contributed by atoms with E-state index >= 15 is 0 Å². The molecule has 6 bridgehead atoms. The van der Waals surface area contributed by atoms with E-state index in [1.54, 1.807) is 17.5 Å². The Bertz CT molecular complexity index is 1990. The van der Waals surface area contributed by atoms with E-state index in [0.29, 0.717) is 39.8 Å². The summed E-state index contributed by atoms with van der Waals surface area (Å²) in [5.41, 5.74) is 6.54. The number of halogens is 1. The molecule has 9 heteroatoms. The van der Waals surface area contributed by atoms with Crippen molar-refractivity contribution in [3.05, 3.63) is 102 Å². The van der Waals surface area contributed by atoms with Crippen molar-refractivity contribution in [2.24, 2.45) is 0 Å². The number of benzene rings is 3. The van der Waals surface area contributed by atoms with Gasteiger partial charge in [-0.2, -0.15) is 5.10 Å². The van der Waals surface area contributed by atoms with Crippen LogP contribution in [0.15, 0.2) is 78.9 Å². The zero-order valence-corrected chi connectivity index (χ0v) is 27.5. The number of aromatic nitrogens is 3. The fraction of sp³-hybridized carbons (Fsp3) is 0.289. The standard InChI is InChI=1S/C38H38FN3O5/c1-7-44-37(43)36(47-38(4,5)6)34-24(3)40-33-22-30-26-12-10-11-25(19-26)29-16-15-28(39)21-32(29)46-18-9-8-17-45-31-20-27(14-13-23(31)2)35(34)42(33)41-30/h8-16,19-22,36H,7,17-18H2,1-6H3. The molecule has 1 aliphatic rings. The molecule has 0 amide bonds. The number of hydrogen-bond donors (Lipinski definition) is 0. The number of aryl methyl sites for hydroxylation is 2. The van der Waals surface area contributed by atoms with E-state index in [2.05, 4.69) is 0 Å². The summed E-state index contributed by atoms with van der Waals surface area (Å²) in [6.45, 7) is 12.0. The second kappa shape index (κ2) is 13.0. The Morgan fingerprint density at radius 1 is 0.936 bits per heavy atom. The molecule has 242 valence electrons. The summed E-state index contributed by atoms with van der Waals surface area (Å²) < 4.78 is 40.2. The highest BCUT2D eigenvalue weighted by molar-refractivity contribution is 5.83. The van der Waals surface area contributed by atoms with Gasteiger partial charge in [0.05, 0.1) is 23.6 Å². The number of hydrogen-bond acceptors (Lipinski definition) is 7. The quantitative estimate of drug-likeness (QED) is 0.145. The second-order valence-electron chi connectivity index (χ2n) is 12.4. The van der Waals surface area contributed by atoms with Crippen LogP contribution in [0, 0.1) is 19.7 Å². The van der Waals surface area contributed by atoms with E-state index in [1.807, 2.05) is 95.3 Å². The molecule has 3 heterocycles. The van der Waals surface area contributed by atoms with Crippen molar-refractivity contribution in [2.75, 3.05) is 19.8 Å². The number of carbonyl (C=O) groups excluding carboxylic acids is 1. The van der Waals surface area contributed by atoms with Crippen molar-refractivity contribution in [3.8, 4) is 45.1 Å². The highest BCUT2D eigenvalue weighted by Gasteiger charge is 2.34. The van der Waals surface area contributed by atoms with Gasteiger partial charge in [-0.3, -0.25) is 0 Å². The van der Waals surface area contributed by atoms with E-state index in [1.165, 1.54) is 12.1 Å². The fourth-order valence-corrected chi connectivity index (χ4v) is 5.68. The van der Waals surface area contributed by atoms with Gasteiger partial charge < -0.3 is 18.9 Å². The van der Waals surface area contributed by atoms with Gasteiger partial charge in [-0.15, -0.1) is 0 Å². The van der Waals surface area contributed by atoms with Crippen LogP contribution in [0.3, 0.4) is 0 Å². The molecule has 1 atom stereocenters. The first-order valence-corrected chi connectivity index (χ1v) is 15.7. The topological polar surface area (TPSA) is 84.2 Å². The van der Waals surface area contributed by atoms with Gasteiger partial charge in [0.2, 0.25) is 0 Å². The molecule has 0 aliphatic carbocycles. The molecule has 1 aliphatic heterocycles. The van der Waals surface area contributed by atoms with Crippen LogP contribution in [0.1, 0.15) is 50.6 Å². The fourth-order valence-electron chi connectivity index (χ4n) is 5.68. The van der Waals surface area contributed by atoms with Gasteiger partial charge in [-0.1, -0.05) is 30.3 Å². The number of esters is 1. The summed E-state index contributed by atoms with van der Waals surface area (Å²) in [5, 5.41) is 5.07. The van der Waals surface area contributed by atoms with E-state index in [0.717, 1.165) is 27.8 Å². The van der Waals surface area contributed by atoms with E-state index < -0.39 is 17.7 Å². The largest absolute Gasteiger partial charge is 0.489 e. The minimum atomic E-state index is -1.07. The number of nitrogens with zero attached hydrogens (tertiary/aromatic N) is 3. The van der Waals surface area contributed by atoms with E-state index in [-0.39, 0.29) is 25.6 Å². The SMILES string of the molecule is CCOC(=O)C(OC(C)(C)C)c1c(C)nc2cc3nn2c1-c1ccc(C)c(c1)OCC=CCOc1cc(F)ccc1-c1cccc-3c1. The maximum Gasteiger partial charge on any atom is 0.340 e. The molecule has 0 spiro atoms. The van der Waals surface area contributed by atoms with Crippen LogP contribution in [0.2, 0.25) is 0 Å². The average molecular weight is 636 g/mol. The zero-order chi connectivity index (χ0) is 33.3. The van der Waals surface area contributed by atoms with Crippen LogP contribution in [0.5, 0.6) is 11.5 Å². The lowest BCUT2D eigenvalue weighted by atomic mass is 9.98. The maximum atomic E-state index is 14.3. The van der Waals surface area contributed by atoms with Gasteiger partial charge in [-0.05, 0) is 89.1 Å². The molecular formula is C38H38FN3O5. The molecule has 47 heavy (non-hydrogen) atoms. The van der Waals surface area contributed by atoms with Gasteiger partial charge in [0.1, 0.15) is 30.5 Å². The van der Waals surface area contributed by atoms with E-state index in [9.17, 15) is 9.18 Å². The van der Waals surface area contributed by atoms with Gasteiger partial charge in [0.15, 0.2) is 11.8 Å². The number of rotatable bonds is 4. The molecule has 0 radical (unpaired) electrons. The Balaban J connectivity index is 1.64. The van der Waals surface area contributed by atoms with Crippen molar-refractivity contribution < 1.29 is 28.1 Å². The maximum absolute atomic E-state index is 14.3. The smallest absolute Gasteiger partial charge is 0.340 e. The second-order valence-corrected chi connectivity index (χ2v) is 12.4. The third-order valence-corrected chi connectivity index (χ3v) is 7.78. The first kappa shape index (κ1) is 31.9. The predicted octanol–water partition coefficient (Wildman–Crippen LogP) is 8.23. The molecule has 8 nitrogen and oxygen atoms in total. The lowest BCUT2D eigenvalue weighted by Crippen LogP contribution is -2.30. The monoisotopic (exact) mass is 635 g/mol. The molecule has 3 aromatic carbocycles. The van der Waals surface area contributed by atoms with Gasteiger partial charge >= 0.3 is 5.97 Å². The Kier molecular flexibility index (Phi) is 8.84. The van der Waals surface area contributed by atoms with Crippen LogP contribution >= 0.6 is 0 Å². The van der Waals surface area contributed by atoms with Gasteiger partial charge in [0, 0.05) is 40.1 Å². The summed E-state index contributed by atoms with van der Waals surface area (Å²) in [6.07, 6.45) is 2.64. The van der Waals surface area contributed by atoms with Crippen molar-refractivity contribution in [1.82, 2.24) is 14.6 Å². The summed E-state index contributed by atoms with van der Waals surface area (Å²) in [4.78, 5) is 18.5. The minimum Gasteiger partial charge on any atom is -0.489 e. The number of carbonyl (C=O) groups is 1. The molecule has 5 aromatic rings. The molecule has 0 saturated carbocycles. The highest BCUT2D eigenvalue weighted by Crippen LogP contribution is 2.39. The molecule has 0 fully saturated rings. The Hall–Kier alpha value is -5.02. The molecule has 2 aromatic heterocycles. The minimum absolute atomic E-state index is 0.200. The van der Waals surface area contributed by atoms with Crippen LogP contribution in [-0.4, -0.2) is 46.0 Å². The normalized spacial score (nSPS) is 13.7. The van der Waals surface area contributed by atoms with Crippen molar-refractivity contribution >= 4 is 11.6 Å². The predicted molar refractivity (Wildman–Crippen MR) is 179 cm³/mol. The number of ether oxygens (including phenoxy) is 4. The molecular weight excluding hydrogens is 597 g/mol. The van der Waals surface area contributed by atoms with Gasteiger partial charge in [0.25, 0.3) is 0 Å². The third kappa shape index (κ3) is 6.76. The van der Waals surface area contributed by atoms with Crippen molar-refractivity contribution in [3.63, 3.8) is 0 Å². The summed E-state index contributed by atoms with van der Waals surface area (Å²) >= 11 is 0. The average Bonchev–Trinajstić information content (AvgIpc) is 3.45. The lowest BCUT2D eigenvalue weighted by molar-refractivity contribution is -0.166. The van der Waals surface area contributed by atoms with Crippen molar-refractivity contribution in [1.29, 1.82) is 0 Å². The molecule has 6 rings (SSSR count). The summed E-state index contributed by atoms with van der Waals surface area (Å²) in [5.74, 6) is 0.208. The first-order valence-electron chi connectivity index (χ1n) is 15.7. The molecule has 0 N–H and O–H groups in total. The Morgan fingerprint density at radius 2 is 1.68 bits per heavy atom. The summed E-state index contributed by atoms with van der Waals surface area (Å²) in [6, 6.07) is 20.2. The number of fused-ring (bicyclic) bond motifs is 9.